The molecule has 1 amide bonds. The Morgan fingerprint density at radius 1 is 1.23 bits per heavy atom. The zero-order valence-electron chi connectivity index (χ0n) is 11.6. The number of aromatic nitrogens is 1. The fourth-order valence-corrected chi connectivity index (χ4v) is 2.10. The van der Waals surface area contributed by atoms with Crippen molar-refractivity contribution in [2.45, 2.75) is 6.92 Å². The van der Waals surface area contributed by atoms with Crippen LogP contribution in [0.2, 0.25) is 0 Å². The average Bonchev–Trinajstić information content (AvgIpc) is 2.97. The Hall–Kier alpha value is -3.22. The molecule has 3 aromatic rings. The first kappa shape index (κ1) is 13.7. The van der Waals surface area contributed by atoms with Crippen LogP contribution in [0.1, 0.15) is 16.2 Å². The molecular weight excluding hydrogens is 286 g/mol. The molecule has 110 valence electrons. The summed E-state index contributed by atoms with van der Waals surface area (Å²) in [6, 6.07) is 11.5. The second kappa shape index (κ2) is 5.28. The van der Waals surface area contributed by atoms with Crippen LogP contribution in [0.4, 0.5) is 11.6 Å². The summed E-state index contributed by atoms with van der Waals surface area (Å²) in [4.78, 5) is 26.4. The highest BCUT2D eigenvalue weighted by Gasteiger charge is 2.18. The van der Waals surface area contributed by atoms with Crippen molar-refractivity contribution in [3.63, 3.8) is 0 Å². The number of nitro groups is 1. The number of anilines is 1. The van der Waals surface area contributed by atoms with E-state index in [9.17, 15) is 14.9 Å². The Kier molecular flexibility index (Phi) is 3.30. The van der Waals surface area contributed by atoms with Crippen molar-refractivity contribution in [1.29, 1.82) is 0 Å². The van der Waals surface area contributed by atoms with Crippen molar-refractivity contribution in [3.8, 4) is 0 Å². The Morgan fingerprint density at radius 3 is 2.77 bits per heavy atom. The zero-order chi connectivity index (χ0) is 15.7. The fourth-order valence-electron chi connectivity index (χ4n) is 2.10. The van der Waals surface area contributed by atoms with Gasteiger partial charge in [0.05, 0.1) is 17.3 Å². The molecule has 0 bridgehead atoms. The summed E-state index contributed by atoms with van der Waals surface area (Å²) in [5, 5.41) is 14.0. The van der Waals surface area contributed by atoms with Gasteiger partial charge in [0.25, 0.3) is 5.91 Å². The summed E-state index contributed by atoms with van der Waals surface area (Å²) in [5.74, 6) is -1.15. The van der Waals surface area contributed by atoms with E-state index in [1.165, 1.54) is 6.07 Å². The molecule has 0 aliphatic carbocycles. The van der Waals surface area contributed by atoms with E-state index in [2.05, 4.69) is 10.3 Å². The minimum absolute atomic E-state index is 0.122. The first-order valence-electron chi connectivity index (χ1n) is 6.46. The molecule has 7 heteroatoms. The van der Waals surface area contributed by atoms with Crippen molar-refractivity contribution >= 4 is 28.4 Å². The summed E-state index contributed by atoms with van der Waals surface area (Å²) in [6.45, 7) is 1.88. The number of nitrogens with one attached hydrogen (secondary N) is 1. The van der Waals surface area contributed by atoms with Crippen molar-refractivity contribution in [2.75, 3.05) is 5.32 Å². The van der Waals surface area contributed by atoms with E-state index in [1.807, 2.05) is 25.1 Å². The van der Waals surface area contributed by atoms with Gasteiger partial charge in [-0.05, 0) is 37.3 Å². The number of nitrogens with zero attached hydrogens (tertiary/aromatic N) is 2. The molecule has 0 unspecified atom stereocenters. The Balaban J connectivity index is 1.92. The molecule has 0 fully saturated rings. The van der Waals surface area contributed by atoms with Crippen molar-refractivity contribution in [3.05, 3.63) is 64.0 Å². The van der Waals surface area contributed by atoms with Crippen LogP contribution < -0.4 is 5.32 Å². The van der Waals surface area contributed by atoms with E-state index in [4.69, 9.17) is 4.42 Å². The third-order valence-electron chi connectivity index (χ3n) is 3.11. The third-order valence-corrected chi connectivity index (χ3v) is 3.11. The SMILES string of the molecule is Cc1ccc2c(NC(=O)c3ccc([N+](=O)[O-])o3)cccc2n1. The lowest BCUT2D eigenvalue weighted by Crippen LogP contribution is -2.11. The molecule has 7 nitrogen and oxygen atoms in total. The van der Waals surface area contributed by atoms with Gasteiger partial charge < -0.3 is 9.73 Å². The number of hydrogen-bond acceptors (Lipinski definition) is 5. The maximum absolute atomic E-state index is 12.1. The third kappa shape index (κ3) is 2.51. The number of fused-ring (bicyclic) bond motifs is 1. The summed E-state index contributed by atoms with van der Waals surface area (Å²) in [6.07, 6.45) is 0. The maximum Gasteiger partial charge on any atom is 0.433 e. The van der Waals surface area contributed by atoms with Crippen LogP contribution in [0.3, 0.4) is 0 Å². The number of benzene rings is 1. The minimum atomic E-state index is -0.693. The molecule has 0 aliphatic rings. The van der Waals surface area contributed by atoms with Crippen molar-refractivity contribution in [1.82, 2.24) is 4.98 Å². The van der Waals surface area contributed by atoms with E-state index in [0.717, 1.165) is 22.7 Å². The molecule has 0 saturated carbocycles. The number of pyridine rings is 1. The van der Waals surface area contributed by atoms with Gasteiger partial charge in [0.15, 0.2) is 5.76 Å². The summed E-state index contributed by atoms with van der Waals surface area (Å²) in [7, 11) is 0. The van der Waals surface area contributed by atoms with Crippen LogP contribution in [-0.4, -0.2) is 15.8 Å². The van der Waals surface area contributed by atoms with Crippen LogP contribution in [0, 0.1) is 17.0 Å². The average molecular weight is 297 g/mol. The molecule has 2 heterocycles. The summed E-state index contributed by atoms with van der Waals surface area (Å²) in [5.41, 5.74) is 2.19. The normalized spacial score (nSPS) is 10.6. The van der Waals surface area contributed by atoms with Gasteiger partial charge in [0.1, 0.15) is 4.92 Å². The van der Waals surface area contributed by atoms with Gasteiger partial charge in [-0.25, -0.2) is 0 Å². The standard InChI is InChI=1S/C15H11N3O4/c1-9-5-6-10-11(16-9)3-2-4-12(10)17-15(19)13-7-8-14(22-13)18(20)21/h2-8H,1H3,(H,17,19). The number of carbonyl (C=O) groups is 1. The van der Waals surface area contributed by atoms with Gasteiger partial charge >= 0.3 is 5.88 Å². The first-order valence-corrected chi connectivity index (χ1v) is 6.46. The van der Waals surface area contributed by atoms with Gasteiger partial charge in [-0.15, -0.1) is 0 Å². The summed E-state index contributed by atoms with van der Waals surface area (Å²) < 4.78 is 4.88. The smallest absolute Gasteiger partial charge is 0.395 e. The van der Waals surface area contributed by atoms with Gasteiger partial charge in [0.2, 0.25) is 0 Å². The highest BCUT2D eigenvalue weighted by molar-refractivity contribution is 6.07. The Morgan fingerprint density at radius 2 is 2.05 bits per heavy atom. The van der Waals surface area contributed by atoms with Gasteiger partial charge in [-0.1, -0.05) is 6.07 Å². The number of carbonyl (C=O) groups excluding carboxylic acids is 1. The van der Waals surface area contributed by atoms with Crippen LogP contribution in [0.25, 0.3) is 10.9 Å². The van der Waals surface area contributed by atoms with Gasteiger partial charge in [0, 0.05) is 11.1 Å². The molecule has 0 radical (unpaired) electrons. The zero-order valence-corrected chi connectivity index (χ0v) is 11.6. The number of rotatable bonds is 3. The molecule has 22 heavy (non-hydrogen) atoms. The number of hydrogen-bond donors (Lipinski definition) is 1. The van der Waals surface area contributed by atoms with E-state index in [0.29, 0.717) is 5.69 Å². The molecular formula is C15H11N3O4. The van der Waals surface area contributed by atoms with E-state index < -0.39 is 16.7 Å². The largest absolute Gasteiger partial charge is 0.433 e. The maximum atomic E-state index is 12.1. The molecule has 0 aliphatic heterocycles. The number of amides is 1. The van der Waals surface area contributed by atoms with Crippen molar-refractivity contribution < 1.29 is 14.1 Å². The molecule has 0 atom stereocenters. The first-order chi connectivity index (χ1) is 10.5. The fraction of sp³-hybridized carbons (Fsp3) is 0.0667. The lowest BCUT2D eigenvalue weighted by molar-refractivity contribution is -0.402. The molecule has 0 saturated heterocycles. The van der Waals surface area contributed by atoms with Crippen LogP contribution in [0.15, 0.2) is 46.9 Å². The molecule has 1 aromatic carbocycles. The monoisotopic (exact) mass is 297 g/mol. The Bertz CT molecular complexity index is 885. The lowest BCUT2D eigenvalue weighted by atomic mass is 10.1. The Labute approximate surface area is 124 Å². The van der Waals surface area contributed by atoms with E-state index >= 15 is 0 Å². The predicted molar refractivity (Wildman–Crippen MR) is 79.8 cm³/mol. The number of furan rings is 1. The molecule has 3 rings (SSSR count). The van der Waals surface area contributed by atoms with Gasteiger partial charge in [-0.2, -0.15) is 0 Å². The second-order valence-corrected chi connectivity index (χ2v) is 4.67. The van der Waals surface area contributed by atoms with Crippen molar-refractivity contribution in [2.24, 2.45) is 0 Å². The van der Waals surface area contributed by atoms with Gasteiger partial charge in [-0.3, -0.25) is 19.9 Å². The molecule has 0 spiro atoms. The summed E-state index contributed by atoms with van der Waals surface area (Å²) >= 11 is 0. The molecule has 1 N–H and O–H groups in total. The molecule has 2 aromatic heterocycles. The van der Waals surface area contributed by atoms with Crippen LogP contribution in [-0.2, 0) is 0 Å². The highest BCUT2D eigenvalue weighted by Crippen LogP contribution is 2.23. The second-order valence-electron chi connectivity index (χ2n) is 4.67. The number of aryl methyl sites for hydroxylation is 1. The predicted octanol–water partition coefficient (Wildman–Crippen LogP) is 3.30. The highest BCUT2D eigenvalue weighted by atomic mass is 16.6. The van der Waals surface area contributed by atoms with E-state index in [1.54, 1.807) is 12.1 Å². The topological polar surface area (TPSA) is 98.3 Å². The quantitative estimate of drug-likeness (QED) is 0.590. The lowest BCUT2D eigenvalue weighted by Gasteiger charge is -2.07. The van der Waals surface area contributed by atoms with E-state index in [-0.39, 0.29) is 5.76 Å². The minimum Gasteiger partial charge on any atom is -0.395 e. The van der Waals surface area contributed by atoms with Crippen LogP contribution >= 0.6 is 0 Å². The van der Waals surface area contributed by atoms with Crippen LogP contribution in [0.5, 0.6) is 0 Å².